The Bertz CT molecular complexity index is 898. The van der Waals surface area contributed by atoms with Gasteiger partial charge in [0.25, 0.3) is 0 Å². The molecule has 1 heterocycles. The topological polar surface area (TPSA) is 47.0 Å². The van der Waals surface area contributed by atoms with Crippen molar-refractivity contribution in [1.82, 2.24) is 4.98 Å². The van der Waals surface area contributed by atoms with Gasteiger partial charge in [0.2, 0.25) is 0 Å². The largest absolute Gasteiger partial charge is 0.236 e. The third-order valence-corrected chi connectivity index (χ3v) is 5.49. The molecule has 3 aromatic rings. The van der Waals surface area contributed by atoms with Crippen LogP contribution < -0.4 is 0 Å². The first-order valence-corrected chi connectivity index (χ1v) is 9.00. The maximum Gasteiger partial charge on any atom is 0.175 e. The molecule has 0 fully saturated rings. The summed E-state index contributed by atoms with van der Waals surface area (Å²) in [6, 6.07) is 12.7. The van der Waals surface area contributed by atoms with Crippen molar-refractivity contribution in [2.24, 2.45) is 0 Å². The molecule has 20 heavy (non-hydrogen) atoms. The third kappa shape index (κ3) is 2.46. The van der Waals surface area contributed by atoms with E-state index in [0.29, 0.717) is 10.4 Å². The van der Waals surface area contributed by atoms with Gasteiger partial charge in [-0.2, -0.15) is 0 Å². The molecule has 3 rings (SSSR count). The van der Waals surface area contributed by atoms with Gasteiger partial charge < -0.3 is 0 Å². The molecular weight excluding hydrogens is 310 g/mol. The average molecular weight is 321 g/mol. The summed E-state index contributed by atoms with van der Waals surface area (Å²) < 4.78 is 24.1. The van der Waals surface area contributed by atoms with Gasteiger partial charge in [-0.15, -0.1) is 24.0 Å². The molecule has 0 saturated heterocycles. The zero-order valence-corrected chi connectivity index (χ0v) is 13.1. The predicted octanol–water partition coefficient (Wildman–Crippen LogP) is 3.66. The number of sulfone groups is 1. The van der Waals surface area contributed by atoms with Crippen molar-refractivity contribution in [3.8, 4) is 10.6 Å². The molecule has 0 spiro atoms. The van der Waals surface area contributed by atoms with Crippen molar-refractivity contribution in [2.75, 3.05) is 6.26 Å². The number of thiol groups is 1. The Balaban J connectivity index is 2.19. The number of hydrogen-bond acceptors (Lipinski definition) is 5. The first-order valence-electron chi connectivity index (χ1n) is 5.84. The maximum atomic E-state index is 11.6. The van der Waals surface area contributed by atoms with Gasteiger partial charge in [0.1, 0.15) is 5.01 Å². The first kappa shape index (κ1) is 13.6. The Labute approximate surface area is 126 Å². The van der Waals surface area contributed by atoms with Crippen molar-refractivity contribution in [2.45, 2.75) is 9.79 Å². The standard InChI is InChI=1S/C14H11NO2S3/c1-20(16,17)9-6-7-13-11(8-9)15-14(19-13)10-4-2-3-5-12(10)18/h2-8,18H,1H3. The number of benzene rings is 2. The minimum atomic E-state index is -3.21. The number of aromatic nitrogens is 1. The fraction of sp³-hybridized carbons (Fsp3) is 0.0714. The molecule has 0 amide bonds. The molecule has 0 radical (unpaired) electrons. The van der Waals surface area contributed by atoms with Crippen LogP contribution in [0.3, 0.4) is 0 Å². The lowest BCUT2D eigenvalue weighted by molar-refractivity contribution is 0.602. The number of thiazole rings is 1. The summed E-state index contributed by atoms with van der Waals surface area (Å²) in [5.41, 5.74) is 1.66. The molecule has 0 aliphatic heterocycles. The van der Waals surface area contributed by atoms with Crippen LogP contribution in [-0.2, 0) is 9.84 Å². The highest BCUT2D eigenvalue weighted by atomic mass is 32.2. The molecule has 0 bridgehead atoms. The maximum absolute atomic E-state index is 11.6. The number of nitrogens with zero attached hydrogens (tertiary/aromatic N) is 1. The predicted molar refractivity (Wildman–Crippen MR) is 85.4 cm³/mol. The molecule has 0 N–H and O–H groups in total. The summed E-state index contributed by atoms with van der Waals surface area (Å²) >= 11 is 5.96. The molecule has 2 aromatic carbocycles. The van der Waals surface area contributed by atoms with Crippen LogP contribution in [0.15, 0.2) is 52.3 Å². The Morgan fingerprint density at radius 2 is 1.90 bits per heavy atom. The van der Waals surface area contributed by atoms with Crippen molar-refractivity contribution < 1.29 is 8.42 Å². The van der Waals surface area contributed by atoms with Crippen LogP contribution in [0.1, 0.15) is 0 Å². The van der Waals surface area contributed by atoms with Crippen LogP contribution in [0, 0.1) is 0 Å². The molecule has 0 unspecified atom stereocenters. The van der Waals surface area contributed by atoms with E-state index in [9.17, 15) is 8.42 Å². The van der Waals surface area contributed by atoms with Crippen LogP contribution >= 0.6 is 24.0 Å². The van der Waals surface area contributed by atoms with E-state index in [1.54, 1.807) is 18.2 Å². The Kier molecular flexibility index (Phi) is 3.32. The van der Waals surface area contributed by atoms with E-state index in [1.165, 1.54) is 17.6 Å². The van der Waals surface area contributed by atoms with Crippen LogP contribution in [0.5, 0.6) is 0 Å². The molecule has 1 aromatic heterocycles. The summed E-state index contributed by atoms with van der Waals surface area (Å²) in [5.74, 6) is 0. The molecule has 6 heteroatoms. The second-order valence-corrected chi connectivity index (χ2v) is 7.97. The monoisotopic (exact) mass is 321 g/mol. The zero-order chi connectivity index (χ0) is 14.3. The van der Waals surface area contributed by atoms with Gasteiger partial charge >= 0.3 is 0 Å². The van der Waals surface area contributed by atoms with Crippen LogP contribution in [0.2, 0.25) is 0 Å². The van der Waals surface area contributed by atoms with Gasteiger partial charge in [0.15, 0.2) is 9.84 Å². The quantitative estimate of drug-likeness (QED) is 0.733. The Hall–Kier alpha value is -1.37. The van der Waals surface area contributed by atoms with Crippen LogP contribution in [0.4, 0.5) is 0 Å². The summed E-state index contributed by atoms with van der Waals surface area (Å²) in [6.07, 6.45) is 1.20. The molecular formula is C14H11NO2S3. The first-order chi connectivity index (χ1) is 9.45. The van der Waals surface area contributed by atoms with E-state index >= 15 is 0 Å². The summed E-state index contributed by atoms with van der Waals surface area (Å²) in [7, 11) is -3.21. The summed E-state index contributed by atoms with van der Waals surface area (Å²) in [6.45, 7) is 0. The molecule has 102 valence electrons. The van der Waals surface area contributed by atoms with Crippen LogP contribution in [0.25, 0.3) is 20.8 Å². The lowest BCUT2D eigenvalue weighted by atomic mass is 10.2. The van der Waals surface area contributed by atoms with Crippen molar-refractivity contribution in [1.29, 1.82) is 0 Å². The molecule has 3 nitrogen and oxygen atoms in total. The number of rotatable bonds is 2. The third-order valence-electron chi connectivity index (χ3n) is 2.92. The lowest BCUT2D eigenvalue weighted by Gasteiger charge is -1.98. The fourth-order valence-corrected chi connectivity index (χ4v) is 3.88. The zero-order valence-electron chi connectivity index (χ0n) is 10.6. The van der Waals surface area contributed by atoms with E-state index in [2.05, 4.69) is 17.6 Å². The molecule has 0 saturated carbocycles. The summed E-state index contributed by atoms with van der Waals surface area (Å²) in [4.78, 5) is 5.67. The van der Waals surface area contributed by atoms with Gasteiger partial charge in [-0.25, -0.2) is 13.4 Å². The van der Waals surface area contributed by atoms with Crippen molar-refractivity contribution in [3.63, 3.8) is 0 Å². The van der Waals surface area contributed by atoms with Crippen molar-refractivity contribution >= 4 is 44.0 Å². The van der Waals surface area contributed by atoms with Gasteiger partial charge in [0, 0.05) is 16.7 Å². The highest BCUT2D eigenvalue weighted by molar-refractivity contribution is 7.90. The second kappa shape index (κ2) is 4.87. The highest BCUT2D eigenvalue weighted by Gasteiger charge is 2.12. The van der Waals surface area contributed by atoms with Crippen LogP contribution in [-0.4, -0.2) is 19.7 Å². The number of hydrogen-bond donors (Lipinski definition) is 1. The minimum absolute atomic E-state index is 0.293. The number of fused-ring (bicyclic) bond motifs is 1. The molecule has 0 aliphatic rings. The minimum Gasteiger partial charge on any atom is -0.236 e. The van der Waals surface area contributed by atoms with E-state index in [4.69, 9.17) is 0 Å². The van der Waals surface area contributed by atoms with Gasteiger partial charge in [-0.05, 0) is 24.3 Å². The summed E-state index contributed by atoms with van der Waals surface area (Å²) in [5, 5.41) is 0.844. The SMILES string of the molecule is CS(=O)(=O)c1ccc2sc(-c3ccccc3S)nc2c1. The van der Waals surface area contributed by atoms with Crippen molar-refractivity contribution in [3.05, 3.63) is 42.5 Å². The van der Waals surface area contributed by atoms with Gasteiger partial charge in [-0.3, -0.25) is 0 Å². The van der Waals surface area contributed by atoms with Gasteiger partial charge in [-0.1, -0.05) is 18.2 Å². The van der Waals surface area contributed by atoms with E-state index in [0.717, 1.165) is 20.2 Å². The Morgan fingerprint density at radius 1 is 1.15 bits per heavy atom. The highest BCUT2D eigenvalue weighted by Crippen LogP contribution is 2.34. The van der Waals surface area contributed by atoms with E-state index in [-0.39, 0.29) is 0 Å². The molecule has 0 atom stereocenters. The smallest absolute Gasteiger partial charge is 0.175 e. The average Bonchev–Trinajstić information content (AvgIpc) is 2.80. The normalized spacial score (nSPS) is 11.9. The fourth-order valence-electron chi connectivity index (χ4n) is 1.91. The van der Waals surface area contributed by atoms with E-state index in [1.807, 2.05) is 24.3 Å². The Morgan fingerprint density at radius 3 is 2.60 bits per heavy atom. The lowest BCUT2D eigenvalue weighted by Crippen LogP contribution is -1.95. The van der Waals surface area contributed by atoms with E-state index < -0.39 is 9.84 Å². The second-order valence-electron chi connectivity index (χ2n) is 4.44. The molecule has 0 aliphatic carbocycles. The van der Waals surface area contributed by atoms with Gasteiger partial charge in [0.05, 0.1) is 15.1 Å².